The van der Waals surface area contributed by atoms with Gasteiger partial charge < -0.3 is 15.5 Å². The minimum atomic E-state index is -0.637. The summed E-state index contributed by atoms with van der Waals surface area (Å²) in [6.45, 7) is 21.3. The fourth-order valence-corrected chi connectivity index (χ4v) is 3.90. The molecule has 2 N–H and O–H groups in total. The van der Waals surface area contributed by atoms with Gasteiger partial charge in [0.25, 0.3) is 0 Å². The third-order valence-electron chi connectivity index (χ3n) is 5.42. The molecule has 0 bridgehead atoms. The quantitative estimate of drug-likeness (QED) is 0.449. The zero-order valence-electron chi connectivity index (χ0n) is 20.0. The summed E-state index contributed by atoms with van der Waals surface area (Å²) in [5.74, 6) is -0.437. The Morgan fingerprint density at radius 1 is 1.28 bits per heavy atom. The average Bonchev–Trinajstić information content (AvgIpc) is 3.22. The van der Waals surface area contributed by atoms with Gasteiger partial charge in [0, 0.05) is 30.0 Å². The molecule has 0 spiro atoms. The van der Waals surface area contributed by atoms with Crippen LogP contribution in [0.3, 0.4) is 0 Å². The molecule has 4 nitrogen and oxygen atoms in total. The molecule has 0 aromatic heterocycles. The monoisotopic (exact) mass is 483 g/mol. The van der Waals surface area contributed by atoms with Crippen molar-refractivity contribution in [3.63, 3.8) is 0 Å². The lowest BCUT2D eigenvalue weighted by molar-refractivity contribution is -0.122. The molecule has 0 radical (unpaired) electrons. The van der Waals surface area contributed by atoms with E-state index in [4.69, 9.17) is 23.2 Å². The van der Waals surface area contributed by atoms with Crippen LogP contribution in [0.5, 0.6) is 0 Å². The van der Waals surface area contributed by atoms with Gasteiger partial charge in [0.15, 0.2) is 0 Å². The third kappa shape index (κ3) is 6.84. The number of rotatable bonds is 5. The Hall–Kier alpha value is -1.82. The molecule has 2 aliphatic heterocycles. The summed E-state index contributed by atoms with van der Waals surface area (Å²) in [6, 6.07) is 6.35. The Bertz CT molecular complexity index is 874. The highest BCUT2D eigenvalue weighted by molar-refractivity contribution is 6.43. The third-order valence-corrected chi connectivity index (χ3v) is 6.05. The predicted molar refractivity (Wildman–Crippen MR) is 138 cm³/mol. The van der Waals surface area contributed by atoms with Crippen molar-refractivity contribution >= 4 is 40.5 Å². The Kier molecular flexibility index (Phi) is 10.5. The van der Waals surface area contributed by atoms with Gasteiger partial charge in [0.1, 0.15) is 5.83 Å². The number of likely N-dealkylation sites (N-methyl/N-ethyl adjacent to an activating group) is 1. The van der Waals surface area contributed by atoms with Crippen LogP contribution in [-0.4, -0.2) is 31.1 Å². The second kappa shape index (κ2) is 11.9. The van der Waals surface area contributed by atoms with Crippen LogP contribution >= 0.6 is 23.2 Å². The largest absolute Gasteiger partial charge is 0.378 e. The maximum absolute atomic E-state index is 12.5. The molecule has 0 saturated carbocycles. The summed E-state index contributed by atoms with van der Waals surface area (Å²) in [5, 5.41) is 7.21. The van der Waals surface area contributed by atoms with Crippen LogP contribution in [0.15, 0.2) is 53.3 Å². The Labute approximate surface area is 202 Å². The molecular formula is C25H36Cl2FN3O. The predicted octanol–water partition coefficient (Wildman–Crippen LogP) is 6.87. The van der Waals surface area contributed by atoms with Crippen LogP contribution in [0.4, 0.5) is 15.8 Å². The van der Waals surface area contributed by atoms with E-state index >= 15 is 0 Å². The Morgan fingerprint density at radius 2 is 1.91 bits per heavy atom. The fourth-order valence-electron chi connectivity index (χ4n) is 3.73. The van der Waals surface area contributed by atoms with Gasteiger partial charge >= 0.3 is 0 Å². The first kappa shape index (κ1) is 28.2. The second-order valence-corrected chi connectivity index (χ2v) is 9.23. The normalized spacial score (nSPS) is 21.1. The lowest BCUT2D eigenvalue weighted by Gasteiger charge is -2.26. The zero-order valence-corrected chi connectivity index (χ0v) is 21.6. The first-order valence-electron chi connectivity index (χ1n) is 10.9. The number of allylic oxidation sites excluding steroid dienone is 4. The maximum Gasteiger partial charge on any atom is 0.237 e. The van der Waals surface area contributed by atoms with E-state index in [1.807, 2.05) is 39.5 Å². The van der Waals surface area contributed by atoms with Crippen molar-refractivity contribution < 1.29 is 9.18 Å². The van der Waals surface area contributed by atoms with Gasteiger partial charge in [0.05, 0.1) is 15.5 Å². The minimum absolute atomic E-state index is 0.0733. The van der Waals surface area contributed by atoms with Crippen LogP contribution in [-0.2, 0) is 10.2 Å². The number of anilines is 2. The van der Waals surface area contributed by atoms with Crippen molar-refractivity contribution in [2.75, 3.05) is 29.9 Å². The van der Waals surface area contributed by atoms with Gasteiger partial charge in [-0.05, 0) is 64.4 Å². The first-order valence-corrected chi connectivity index (χ1v) is 11.7. The standard InChI is InChI=1S/C17H25N3O.C6H5Cl2F.C2H6/c1-5-20-14-10-12(19-17(4)8-9-18-11-17)6-7-13(14)16(2,3)15(20)21;1-4(9)3-6(8)5(2)7;1-2/h6-7,10,18-19H,5,8-9,11H2,1-4H3;3H,1-2H2;1-2H3/b;6-3+;. The van der Waals surface area contributed by atoms with E-state index in [-0.39, 0.29) is 21.5 Å². The van der Waals surface area contributed by atoms with Gasteiger partial charge in [-0.1, -0.05) is 56.3 Å². The number of amides is 1. The number of hydrogen-bond acceptors (Lipinski definition) is 3. The van der Waals surface area contributed by atoms with E-state index in [0.29, 0.717) is 0 Å². The molecule has 1 amide bonds. The van der Waals surface area contributed by atoms with Crippen molar-refractivity contribution in [3.8, 4) is 0 Å². The molecule has 7 heteroatoms. The number of nitrogens with zero attached hydrogens (tertiary/aromatic N) is 1. The number of nitrogens with one attached hydrogen (secondary N) is 2. The summed E-state index contributed by atoms with van der Waals surface area (Å²) in [6.07, 6.45) is 2.11. The van der Waals surface area contributed by atoms with E-state index in [1.54, 1.807) is 0 Å². The molecule has 2 heterocycles. The van der Waals surface area contributed by atoms with E-state index < -0.39 is 11.2 Å². The lowest BCUT2D eigenvalue weighted by Crippen LogP contribution is -2.37. The molecule has 3 rings (SSSR count). The van der Waals surface area contributed by atoms with Crippen LogP contribution in [0.2, 0.25) is 0 Å². The Balaban J connectivity index is 0.000000396. The number of carbonyl (C=O) groups excluding carboxylic acids is 1. The lowest BCUT2D eigenvalue weighted by atomic mass is 9.86. The number of halogens is 3. The molecule has 1 unspecified atom stereocenters. The maximum atomic E-state index is 12.5. The first-order chi connectivity index (χ1) is 14.9. The molecule has 2 aliphatic rings. The van der Waals surface area contributed by atoms with E-state index in [2.05, 4.69) is 48.9 Å². The van der Waals surface area contributed by atoms with Gasteiger partial charge in [-0.15, -0.1) is 0 Å². The smallest absolute Gasteiger partial charge is 0.237 e. The molecule has 178 valence electrons. The minimum Gasteiger partial charge on any atom is -0.378 e. The number of hydrogen-bond donors (Lipinski definition) is 2. The Morgan fingerprint density at radius 3 is 2.34 bits per heavy atom. The van der Waals surface area contributed by atoms with E-state index in [0.717, 1.165) is 49.1 Å². The number of fused-ring (bicyclic) bond motifs is 1. The highest BCUT2D eigenvalue weighted by Crippen LogP contribution is 2.43. The molecule has 32 heavy (non-hydrogen) atoms. The van der Waals surface area contributed by atoms with Crippen LogP contribution < -0.4 is 15.5 Å². The summed E-state index contributed by atoms with van der Waals surface area (Å²) in [4.78, 5) is 14.4. The summed E-state index contributed by atoms with van der Waals surface area (Å²) >= 11 is 10.6. The van der Waals surface area contributed by atoms with Crippen molar-refractivity contribution in [3.05, 3.63) is 58.9 Å². The summed E-state index contributed by atoms with van der Waals surface area (Å²) in [7, 11) is 0. The topological polar surface area (TPSA) is 44.4 Å². The van der Waals surface area contributed by atoms with Crippen molar-refractivity contribution in [2.24, 2.45) is 0 Å². The number of benzene rings is 1. The molecule has 0 aliphatic carbocycles. The molecule has 1 atom stereocenters. The molecule has 1 aromatic carbocycles. The van der Waals surface area contributed by atoms with Gasteiger partial charge in [-0.3, -0.25) is 4.79 Å². The SMILES string of the molecule is C=C(F)/C=C(/Cl)C(=C)Cl.CC.CCN1C(=O)C(C)(C)c2ccc(NC3(C)CCNC3)cc21. The van der Waals surface area contributed by atoms with Crippen LogP contribution in [0.25, 0.3) is 0 Å². The fraction of sp³-hybridized carbons (Fsp3) is 0.480. The van der Waals surface area contributed by atoms with Gasteiger partial charge in [-0.2, -0.15) is 0 Å². The molecule has 1 saturated heterocycles. The average molecular weight is 484 g/mol. The van der Waals surface area contributed by atoms with Crippen molar-refractivity contribution in [1.29, 1.82) is 0 Å². The van der Waals surface area contributed by atoms with Crippen LogP contribution in [0.1, 0.15) is 53.5 Å². The van der Waals surface area contributed by atoms with Gasteiger partial charge in [-0.25, -0.2) is 4.39 Å². The molecular weight excluding hydrogens is 448 g/mol. The van der Waals surface area contributed by atoms with Gasteiger partial charge in [0.2, 0.25) is 5.91 Å². The summed E-state index contributed by atoms with van der Waals surface area (Å²) < 4.78 is 11.9. The van der Waals surface area contributed by atoms with E-state index in [1.165, 1.54) is 0 Å². The van der Waals surface area contributed by atoms with Crippen LogP contribution in [0, 0.1) is 0 Å². The highest BCUT2D eigenvalue weighted by atomic mass is 35.5. The second-order valence-electron chi connectivity index (χ2n) is 8.36. The molecule has 1 fully saturated rings. The highest BCUT2D eigenvalue weighted by Gasteiger charge is 2.43. The number of carbonyl (C=O) groups is 1. The summed E-state index contributed by atoms with van der Waals surface area (Å²) in [5.41, 5.74) is 2.98. The van der Waals surface area contributed by atoms with E-state index in [9.17, 15) is 9.18 Å². The van der Waals surface area contributed by atoms with Crippen molar-refractivity contribution in [1.82, 2.24) is 5.32 Å². The van der Waals surface area contributed by atoms with Crippen molar-refractivity contribution in [2.45, 2.75) is 58.9 Å². The molecule has 1 aromatic rings. The zero-order chi connectivity index (χ0) is 24.7.